The molecule has 0 aliphatic carbocycles. The quantitative estimate of drug-likeness (QED) is 0.583. The third-order valence-electron chi connectivity index (χ3n) is 3.09. The molecular formula is C11H10GeOS2. The fourth-order valence-electron chi connectivity index (χ4n) is 2.22. The zero-order valence-electron chi connectivity index (χ0n) is 8.53. The van der Waals surface area contributed by atoms with E-state index in [0.29, 0.717) is 0 Å². The van der Waals surface area contributed by atoms with Gasteiger partial charge in [-0.25, -0.2) is 0 Å². The van der Waals surface area contributed by atoms with Gasteiger partial charge in [-0.15, -0.1) is 0 Å². The van der Waals surface area contributed by atoms with E-state index in [9.17, 15) is 4.79 Å². The molecule has 4 heteroatoms. The van der Waals surface area contributed by atoms with E-state index in [2.05, 4.69) is 29.0 Å². The number of fused-ring (bicyclic) bond motifs is 3. The van der Waals surface area contributed by atoms with E-state index >= 15 is 0 Å². The first kappa shape index (κ1) is 9.81. The number of aldehydes is 1. The molecule has 0 unspecified atom stereocenters. The van der Waals surface area contributed by atoms with E-state index < -0.39 is 13.3 Å². The van der Waals surface area contributed by atoms with Crippen LogP contribution in [0, 0.1) is 0 Å². The second kappa shape index (κ2) is 3.06. The summed E-state index contributed by atoms with van der Waals surface area (Å²) in [5.41, 5.74) is 0. The van der Waals surface area contributed by atoms with Crippen LogP contribution in [0.4, 0.5) is 0 Å². The molecule has 0 spiro atoms. The van der Waals surface area contributed by atoms with E-state index in [1.54, 1.807) is 15.7 Å². The molecule has 15 heavy (non-hydrogen) atoms. The summed E-state index contributed by atoms with van der Waals surface area (Å²) in [6.45, 7) is 0. The van der Waals surface area contributed by atoms with E-state index in [1.807, 2.05) is 11.3 Å². The Labute approximate surface area is 99.1 Å². The average Bonchev–Trinajstić information content (AvgIpc) is 2.86. The van der Waals surface area contributed by atoms with Crippen molar-refractivity contribution >= 4 is 51.0 Å². The normalized spacial score (nSPS) is 16.1. The fraction of sp³-hybridized carbons (Fsp3) is 0.182. The first-order valence-corrected chi connectivity index (χ1v) is 12.8. The van der Waals surface area contributed by atoms with Crippen molar-refractivity contribution in [1.29, 1.82) is 0 Å². The molecule has 1 aliphatic rings. The molecule has 2 aromatic rings. The molecule has 1 aliphatic heterocycles. The SMILES string of the molecule is [CH3][Ge]1([CH3])[c]2ccsc2-c2sc(C=O)c[c]21. The molecule has 1 nitrogen and oxygen atoms in total. The molecule has 0 aromatic carbocycles. The van der Waals surface area contributed by atoms with E-state index in [1.165, 1.54) is 14.2 Å². The molecule has 0 saturated heterocycles. The first-order valence-electron chi connectivity index (χ1n) is 4.82. The van der Waals surface area contributed by atoms with Gasteiger partial charge in [-0.2, -0.15) is 0 Å². The molecule has 0 radical (unpaired) electrons. The van der Waals surface area contributed by atoms with E-state index in [4.69, 9.17) is 0 Å². The molecule has 3 rings (SSSR count). The average molecular weight is 295 g/mol. The first-order chi connectivity index (χ1) is 7.14. The molecule has 0 bridgehead atoms. The van der Waals surface area contributed by atoms with Gasteiger partial charge in [-0.05, 0) is 0 Å². The summed E-state index contributed by atoms with van der Waals surface area (Å²) in [4.78, 5) is 14.5. The Morgan fingerprint density at radius 2 is 2.07 bits per heavy atom. The van der Waals surface area contributed by atoms with Gasteiger partial charge in [0.05, 0.1) is 0 Å². The molecule has 0 saturated carbocycles. The Kier molecular flexibility index (Phi) is 2.00. The number of thiophene rings is 2. The molecule has 0 atom stereocenters. The van der Waals surface area contributed by atoms with Gasteiger partial charge >= 0.3 is 99.5 Å². The van der Waals surface area contributed by atoms with Crippen molar-refractivity contribution in [2.24, 2.45) is 0 Å². The van der Waals surface area contributed by atoms with Crippen molar-refractivity contribution in [3.8, 4) is 9.75 Å². The predicted octanol–water partition coefficient (Wildman–Crippen LogP) is 2.43. The van der Waals surface area contributed by atoms with Gasteiger partial charge in [0.15, 0.2) is 0 Å². The molecule has 76 valence electrons. The monoisotopic (exact) mass is 296 g/mol. The number of carbonyl (C=O) groups is 1. The van der Waals surface area contributed by atoms with Crippen LogP contribution in [0.2, 0.25) is 11.5 Å². The maximum atomic E-state index is 10.8. The van der Waals surface area contributed by atoms with Crippen LogP contribution in [-0.2, 0) is 0 Å². The molecule has 3 heterocycles. The maximum absolute atomic E-state index is 10.8. The molecule has 0 N–H and O–H groups in total. The second-order valence-electron chi connectivity index (χ2n) is 4.30. The van der Waals surface area contributed by atoms with Crippen LogP contribution in [0.1, 0.15) is 9.67 Å². The van der Waals surface area contributed by atoms with Crippen molar-refractivity contribution in [3.05, 3.63) is 22.4 Å². The number of carbonyl (C=O) groups excluding carboxylic acids is 1. The van der Waals surface area contributed by atoms with Gasteiger partial charge in [0.2, 0.25) is 0 Å². The summed E-state index contributed by atoms with van der Waals surface area (Å²) in [6, 6.07) is 4.41. The van der Waals surface area contributed by atoms with Gasteiger partial charge in [-0.3, -0.25) is 0 Å². The van der Waals surface area contributed by atoms with Crippen LogP contribution in [0.5, 0.6) is 0 Å². The summed E-state index contributed by atoms with van der Waals surface area (Å²) in [6.07, 6.45) is 0.981. The second-order valence-corrected chi connectivity index (χ2v) is 15.4. The van der Waals surface area contributed by atoms with Crippen LogP contribution < -0.4 is 8.79 Å². The van der Waals surface area contributed by atoms with Crippen LogP contribution in [-0.4, -0.2) is 19.6 Å². The third kappa shape index (κ3) is 1.17. The Bertz CT molecular complexity index is 551. The van der Waals surface area contributed by atoms with Gasteiger partial charge in [0.25, 0.3) is 0 Å². The fourth-order valence-corrected chi connectivity index (χ4v) is 13.9. The van der Waals surface area contributed by atoms with Gasteiger partial charge < -0.3 is 0 Å². The summed E-state index contributed by atoms with van der Waals surface area (Å²) in [5.74, 6) is 4.83. The van der Waals surface area contributed by atoms with Crippen molar-refractivity contribution in [2.75, 3.05) is 0 Å². The van der Waals surface area contributed by atoms with Crippen LogP contribution in [0.3, 0.4) is 0 Å². The summed E-state index contributed by atoms with van der Waals surface area (Å²) in [5, 5.41) is 2.18. The summed E-state index contributed by atoms with van der Waals surface area (Å²) >= 11 is 1.48. The van der Waals surface area contributed by atoms with Crippen LogP contribution in [0.15, 0.2) is 17.5 Å². The standard InChI is InChI=1S/C11H10GeOS2/c1-12(2)8-3-4-14-10(8)11-9(12)5-7(6-13)15-11/h3-6H,1-2H3. The number of hydrogen-bond acceptors (Lipinski definition) is 3. The van der Waals surface area contributed by atoms with E-state index in [-0.39, 0.29) is 0 Å². The number of hydrogen-bond donors (Lipinski definition) is 0. The molecule has 2 aromatic heterocycles. The molecule has 0 amide bonds. The Balaban J connectivity index is 2.35. The molecule has 0 fully saturated rings. The Hall–Kier alpha value is -0.387. The van der Waals surface area contributed by atoms with Crippen LogP contribution >= 0.6 is 22.7 Å². The molecular weight excluding hydrogens is 285 g/mol. The van der Waals surface area contributed by atoms with Gasteiger partial charge in [0, 0.05) is 0 Å². The minimum absolute atomic E-state index is 0.887. The number of rotatable bonds is 1. The Morgan fingerprint density at radius 3 is 2.80 bits per heavy atom. The minimum atomic E-state index is -2.00. The summed E-state index contributed by atoms with van der Waals surface area (Å²) < 4.78 is 3.10. The summed E-state index contributed by atoms with van der Waals surface area (Å²) in [7, 11) is 0. The van der Waals surface area contributed by atoms with Crippen molar-refractivity contribution in [3.63, 3.8) is 0 Å². The van der Waals surface area contributed by atoms with Crippen molar-refractivity contribution in [1.82, 2.24) is 0 Å². The van der Waals surface area contributed by atoms with Crippen LogP contribution in [0.25, 0.3) is 9.75 Å². The zero-order valence-corrected chi connectivity index (χ0v) is 12.3. The van der Waals surface area contributed by atoms with E-state index in [0.717, 1.165) is 11.2 Å². The predicted molar refractivity (Wildman–Crippen MR) is 69.8 cm³/mol. The Morgan fingerprint density at radius 1 is 1.27 bits per heavy atom. The zero-order chi connectivity index (χ0) is 10.6. The van der Waals surface area contributed by atoms with Gasteiger partial charge in [-0.1, -0.05) is 0 Å². The van der Waals surface area contributed by atoms with Gasteiger partial charge in [0.1, 0.15) is 0 Å². The third-order valence-corrected chi connectivity index (χ3v) is 13.3. The van der Waals surface area contributed by atoms with Crippen molar-refractivity contribution < 1.29 is 4.79 Å². The topological polar surface area (TPSA) is 17.1 Å². The van der Waals surface area contributed by atoms with Crippen molar-refractivity contribution in [2.45, 2.75) is 11.5 Å².